The van der Waals surface area contributed by atoms with Crippen LogP contribution in [0.4, 0.5) is 5.69 Å². The average Bonchev–Trinajstić information content (AvgIpc) is 2.77. The molecule has 1 aliphatic heterocycles. The molecule has 6 nitrogen and oxygen atoms in total. The largest absolute Gasteiger partial charge is 0.452 e. The normalized spacial score (nSPS) is 13.7. The molecule has 1 amide bonds. The first-order valence-electron chi connectivity index (χ1n) is 9.91. The van der Waals surface area contributed by atoms with E-state index in [1.54, 1.807) is 24.3 Å². The van der Waals surface area contributed by atoms with Gasteiger partial charge < -0.3 is 10.1 Å². The van der Waals surface area contributed by atoms with Crippen molar-refractivity contribution in [3.05, 3.63) is 70.4 Å². The number of hydrogen-bond acceptors (Lipinski definition) is 5. The van der Waals surface area contributed by atoms with Crippen molar-refractivity contribution in [1.29, 1.82) is 0 Å². The summed E-state index contributed by atoms with van der Waals surface area (Å²) in [6, 6.07) is 14.4. The van der Waals surface area contributed by atoms with Crippen molar-refractivity contribution >= 4 is 40.1 Å². The van der Waals surface area contributed by atoms with Gasteiger partial charge in [-0.3, -0.25) is 14.7 Å². The predicted molar refractivity (Wildman–Crippen MR) is 117 cm³/mol. The van der Waals surface area contributed by atoms with E-state index in [9.17, 15) is 9.59 Å². The number of aromatic nitrogens is 1. The molecule has 0 bridgehead atoms. The van der Waals surface area contributed by atoms with E-state index in [1.165, 1.54) is 0 Å². The molecule has 2 aromatic carbocycles. The second kappa shape index (κ2) is 8.81. The smallest absolute Gasteiger partial charge is 0.339 e. The van der Waals surface area contributed by atoms with E-state index in [4.69, 9.17) is 21.3 Å². The van der Waals surface area contributed by atoms with E-state index < -0.39 is 18.5 Å². The van der Waals surface area contributed by atoms with Crippen LogP contribution in [-0.2, 0) is 22.5 Å². The summed E-state index contributed by atoms with van der Waals surface area (Å²) in [6.45, 7) is 4.13. The number of likely N-dealkylation sites (N-methyl/N-ethyl adjacent to an activating group) is 1. The van der Waals surface area contributed by atoms with Crippen molar-refractivity contribution in [1.82, 2.24) is 9.88 Å². The highest BCUT2D eigenvalue weighted by atomic mass is 35.5. The Balaban J connectivity index is 1.58. The number of carbonyl (C=O) groups is 2. The van der Waals surface area contributed by atoms with Crippen LogP contribution in [0.2, 0.25) is 5.02 Å². The molecule has 0 unspecified atom stereocenters. The van der Waals surface area contributed by atoms with E-state index in [1.807, 2.05) is 24.3 Å². The van der Waals surface area contributed by atoms with E-state index in [0.29, 0.717) is 22.8 Å². The van der Waals surface area contributed by atoms with E-state index in [-0.39, 0.29) is 0 Å². The first-order chi connectivity index (χ1) is 14.6. The van der Waals surface area contributed by atoms with Crippen LogP contribution in [0.3, 0.4) is 0 Å². The summed E-state index contributed by atoms with van der Waals surface area (Å²) in [6.07, 6.45) is 0.779. The van der Waals surface area contributed by atoms with Gasteiger partial charge >= 0.3 is 5.97 Å². The van der Waals surface area contributed by atoms with Crippen molar-refractivity contribution in [2.45, 2.75) is 19.9 Å². The van der Waals surface area contributed by atoms with Crippen LogP contribution in [0.25, 0.3) is 10.9 Å². The molecule has 30 heavy (non-hydrogen) atoms. The van der Waals surface area contributed by atoms with Gasteiger partial charge in [0.15, 0.2) is 6.61 Å². The standard InChI is InChI=1S/C23H22ClN3O3/c1-2-27-12-11-19-16(13-27)22(15-7-3-5-9-18(15)25-19)23(29)30-14-21(28)26-20-10-6-4-8-17(20)24/h3-10H,2,11-14H2,1H3,(H,26,28). The summed E-state index contributed by atoms with van der Waals surface area (Å²) in [5.41, 5.74) is 3.54. The summed E-state index contributed by atoms with van der Waals surface area (Å²) >= 11 is 6.06. The molecule has 0 atom stereocenters. The number of rotatable bonds is 5. The van der Waals surface area contributed by atoms with Crippen LogP contribution in [0.1, 0.15) is 28.5 Å². The van der Waals surface area contributed by atoms with Gasteiger partial charge in [0.05, 0.1) is 21.8 Å². The van der Waals surface area contributed by atoms with E-state index in [2.05, 4.69) is 17.1 Å². The minimum absolute atomic E-state index is 0.396. The molecule has 4 rings (SSSR count). The molecule has 154 valence electrons. The SMILES string of the molecule is CCN1CCc2nc3ccccc3c(C(=O)OCC(=O)Nc3ccccc3Cl)c2C1. The van der Waals surface area contributed by atoms with Gasteiger partial charge in [-0.25, -0.2) is 4.79 Å². The molecule has 1 N–H and O–H groups in total. The lowest BCUT2D eigenvalue weighted by Gasteiger charge is -2.28. The highest BCUT2D eigenvalue weighted by Crippen LogP contribution is 2.29. The maximum atomic E-state index is 13.1. The number of nitrogens with one attached hydrogen (secondary N) is 1. The average molecular weight is 424 g/mol. The Labute approximate surface area is 179 Å². The molecule has 0 saturated carbocycles. The molecule has 0 spiro atoms. The number of esters is 1. The Bertz CT molecular complexity index is 1120. The summed E-state index contributed by atoms with van der Waals surface area (Å²) in [4.78, 5) is 32.4. The fraction of sp³-hybridized carbons (Fsp3) is 0.261. The van der Waals surface area contributed by atoms with Crippen LogP contribution in [0, 0.1) is 0 Å². The minimum Gasteiger partial charge on any atom is -0.452 e. The third-order valence-corrected chi connectivity index (χ3v) is 5.59. The molecule has 1 aromatic heterocycles. The lowest BCUT2D eigenvalue weighted by atomic mass is 9.96. The zero-order valence-corrected chi connectivity index (χ0v) is 17.4. The number of carbonyl (C=O) groups excluding carboxylic acids is 2. The van der Waals surface area contributed by atoms with Crippen LogP contribution in [0.5, 0.6) is 0 Å². The third kappa shape index (κ3) is 4.15. The molecule has 7 heteroatoms. The summed E-state index contributed by atoms with van der Waals surface area (Å²) in [5, 5.41) is 3.83. The van der Waals surface area contributed by atoms with Crippen LogP contribution in [-0.4, -0.2) is 41.5 Å². The van der Waals surface area contributed by atoms with Crippen molar-refractivity contribution in [3.63, 3.8) is 0 Å². The Kier molecular flexibility index (Phi) is 5.97. The highest BCUT2D eigenvalue weighted by molar-refractivity contribution is 6.33. The molecule has 0 fully saturated rings. The molecular weight excluding hydrogens is 402 g/mol. The van der Waals surface area contributed by atoms with Gasteiger partial charge in [0.25, 0.3) is 5.91 Å². The Morgan fingerprint density at radius 3 is 2.73 bits per heavy atom. The molecule has 1 aliphatic rings. The number of halogens is 1. The third-order valence-electron chi connectivity index (χ3n) is 5.26. The number of anilines is 1. The summed E-state index contributed by atoms with van der Waals surface area (Å²) in [5.74, 6) is -0.962. The molecule has 0 saturated heterocycles. The molecular formula is C23H22ClN3O3. The second-order valence-electron chi connectivity index (χ2n) is 7.15. The van der Waals surface area contributed by atoms with Crippen LogP contribution < -0.4 is 5.32 Å². The number of ether oxygens (including phenoxy) is 1. The summed E-state index contributed by atoms with van der Waals surface area (Å²) < 4.78 is 5.40. The van der Waals surface area contributed by atoms with E-state index in [0.717, 1.165) is 41.7 Å². The number of fused-ring (bicyclic) bond motifs is 2. The highest BCUT2D eigenvalue weighted by Gasteiger charge is 2.26. The van der Waals surface area contributed by atoms with Gasteiger partial charge in [-0.2, -0.15) is 0 Å². The quantitative estimate of drug-likeness (QED) is 0.626. The Morgan fingerprint density at radius 2 is 1.93 bits per heavy atom. The number of para-hydroxylation sites is 2. The fourth-order valence-electron chi connectivity index (χ4n) is 3.70. The van der Waals surface area contributed by atoms with Crippen molar-refractivity contribution in [2.24, 2.45) is 0 Å². The lowest BCUT2D eigenvalue weighted by Crippen LogP contribution is -2.32. The van der Waals surface area contributed by atoms with Crippen LogP contribution in [0.15, 0.2) is 48.5 Å². The molecule has 2 heterocycles. The maximum absolute atomic E-state index is 13.1. The van der Waals surface area contributed by atoms with Crippen molar-refractivity contribution < 1.29 is 14.3 Å². The van der Waals surface area contributed by atoms with Gasteiger partial charge in [-0.05, 0) is 24.7 Å². The predicted octanol–water partition coefficient (Wildman–Crippen LogP) is 4.06. The second-order valence-corrected chi connectivity index (χ2v) is 7.56. The number of amides is 1. The van der Waals surface area contributed by atoms with Crippen molar-refractivity contribution in [2.75, 3.05) is 25.0 Å². The Morgan fingerprint density at radius 1 is 1.17 bits per heavy atom. The molecule has 3 aromatic rings. The number of benzene rings is 2. The number of hydrogen-bond donors (Lipinski definition) is 1. The first-order valence-corrected chi connectivity index (χ1v) is 10.3. The molecule has 0 radical (unpaired) electrons. The lowest BCUT2D eigenvalue weighted by molar-refractivity contribution is -0.119. The monoisotopic (exact) mass is 423 g/mol. The minimum atomic E-state index is -0.517. The van der Waals surface area contributed by atoms with Gasteiger partial charge in [0.1, 0.15) is 0 Å². The number of nitrogens with zero attached hydrogens (tertiary/aromatic N) is 2. The zero-order valence-electron chi connectivity index (χ0n) is 16.7. The van der Waals surface area contributed by atoms with Gasteiger partial charge in [-0.15, -0.1) is 0 Å². The van der Waals surface area contributed by atoms with Crippen LogP contribution >= 0.6 is 11.6 Å². The maximum Gasteiger partial charge on any atom is 0.339 e. The van der Waals surface area contributed by atoms with E-state index >= 15 is 0 Å². The van der Waals surface area contributed by atoms with Gasteiger partial charge in [0, 0.05) is 36.2 Å². The fourth-order valence-corrected chi connectivity index (χ4v) is 3.88. The van der Waals surface area contributed by atoms with Crippen molar-refractivity contribution in [3.8, 4) is 0 Å². The zero-order chi connectivity index (χ0) is 21.1. The topological polar surface area (TPSA) is 71.5 Å². The van der Waals surface area contributed by atoms with Gasteiger partial charge in [-0.1, -0.05) is 48.9 Å². The summed E-state index contributed by atoms with van der Waals surface area (Å²) in [7, 11) is 0. The Hall–Kier alpha value is -2.96. The first kappa shape index (κ1) is 20.3. The molecule has 0 aliphatic carbocycles. The number of pyridine rings is 1. The van der Waals surface area contributed by atoms with Gasteiger partial charge in [0.2, 0.25) is 0 Å².